The standard InChI is InChI=1S/C19H19FN6O3/c1-13(14-3-6-16(7-4-14)25-12-21-11-22-25)24(2)10-19(27)23-17-8-5-15(20)9-18(17)26(28)29/h3-9,11-13H,10H2,1-2H3,(H,23,27)/t13-/m0/s1. The number of halogens is 1. The molecule has 0 unspecified atom stereocenters. The molecule has 1 N–H and O–H groups in total. The summed E-state index contributed by atoms with van der Waals surface area (Å²) in [7, 11) is 1.77. The van der Waals surface area contributed by atoms with Crippen LogP contribution in [0.4, 0.5) is 15.8 Å². The maximum absolute atomic E-state index is 13.2. The largest absolute Gasteiger partial charge is 0.319 e. The molecule has 0 aliphatic carbocycles. The van der Waals surface area contributed by atoms with E-state index >= 15 is 0 Å². The van der Waals surface area contributed by atoms with Crippen LogP contribution in [0.2, 0.25) is 0 Å². The minimum atomic E-state index is -0.741. The van der Waals surface area contributed by atoms with E-state index in [4.69, 9.17) is 0 Å². The third-order valence-corrected chi connectivity index (χ3v) is 4.54. The van der Waals surface area contributed by atoms with Crippen molar-refractivity contribution < 1.29 is 14.1 Å². The molecule has 0 radical (unpaired) electrons. The number of hydrogen-bond donors (Lipinski definition) is 1. The molecule has 1 amide bonds. The second-order valence-electron chi connectivity index (χ2n) is 6.49. The summed E-state index contributed by atoms with van der Waals surface area (Å²) in [6.07, 6.45) is 3.05. The van der Waals surface area contributed by atoms with Crippen LogP contribution in [-0.4, -0.2) is 44.1 Å². The Labute approximate surface area is 165 Å². The van der Waals surface area contributed by atoms with Crippen LogP contribution >= 0.6 is 0 Å². The summed E-state index contributed by atoms with van der Waals surface area (Å²) in [5.41, 5.74) is 1.32. The fourth-order valence-corrected chi connectivity index (χ4v) is 2.82. The van der Waals surface area contributed by atoms with Gasteiger partial charge in [-0.1, -0.05) is 12.1 Å². The van der Waals surface area contributed by atoms with Gasteiger partial charge < -0.3 is 5.32 Å². The van der Waals surface area contributed by atoms with E-state index < -0.39 is 22.3 Å². The zero-order valence-corrected chi connectivity index (χ0v) is 15.8. The van der Waals surface area contributed by atoms with Gasteiger partial charge in [-0.15, -0.1) is 0 Å². The third-order valence-electron chi connectivity index (χ3n) is 4.54. The number of hydrogen-bond acceptors (Lipinski definition) is 6. The molecule has 3 rings (SSSR count). The van der Waals surface area contributed by atoms with E-state index in [0.29, 0.717) is 0 Å². The van der Waals surface area contributed by atoms with Gasteiger partial charge in [-0.2, -0.15) is 5.10 Å². The first-order chi connectivity index (χ1) is 13.8. The highest BCUT2D eigenvalue weighted by atomic mass is 19.1. The fourth-order valence-electron chi connectivity index (χ4n) is 2.82. The molecule has 0 spiro atoms. The van der Waals surface area contributed by atoms with Crippen molar-refractivity contribution >= 4 is 17.3 Å². The lowest BCUT2D eigenvalue weighted by molar-refractivity contribution is -0.384. The Balaban J connectivity index is 1.64. The zero-order chi connectivity index (χ0) is 21.0. The number of nitrogens with one attached hydrogen (secondary N) is 1. The number of benzene rings is 2. The van der Waals surface area contributed by atoms with Crippen LogP contribution in [-0.2, 0) is 4.79 Å². The molecule has 1 atom stereocenters. The smallest absolute Gasteiger partial charge is 0.295 e. The molecular formula is C19H19FN6O3. The lowest BCUT2D eigenvalue weighted by atomic mass is 10.1. The maximum Gasteiger partial charge on any atom is 0.295 e. The molecule has 3 aromatic rings. The summed E-state index contributed by atoms with van der Waals surface area (Å²) in [6.45, 7) is 1.94. The van der Waals surface area contributed by atoms with Gasteiger partial charge in [0.15, 0.2) is 0 Å². The minimum Gasteiger partial charge on any atom is -0.319 e. The lowest BCUT2D eigenvalue weighted by Gasteiger charge is -2.24. The number of nitro benzene ring substituents is 1. The first-order valence-electron chi connectivity index (χ1n) is 8.74. The number of anilines is 1. The fraction of sp³-hybridized carbons (Fsp3) is 0.211. The number of nitro groups is 1. The van der Waals surface area contributed by atoms with Gasteiger partial charge in [0.1, 0.15) is 24.2 Å². The molecule has 0 aliphatic heterocycles. The quantitative estimate of drug-likeness (QED) is 0.484. The zero-order valence-electron chi connectivity index (χ0n) is 15.8. The van der Waals surface area contributed by atoms with Gasteiger partial charge in [0.05, 0.1) is 23.2 Å². The van der Waals surface area contributed by atoms with Crippen LogP contribution in [0.1, 0.15) is 18.5 Å². The average Bonchev–Trinajstić information content (AvgIpc) is 3.23. The van der Waals surface area contributed by atoms with Gasteiger partial charge in [0, 0.05) is 6.04 Å². The molecule has 9 nitrogen and oxygen atoms in total. The van der Waals surface area contributed by atoms with Gasteiger partial charge in [0.25, 0.3) is 5.69 Å². The molecular weight excluding hydrogens is 379 g/mol. The Morgan fingerprint density at radius 1 is 1.31 bits per heavy atom. The SMILES string of the molecule is C[C@@H](c1ccc(-n2cncn2)cc1)N(C)CC(=O)Nc1ccc(F)cc1[N+](=O)[O-]. The van der Waals surface area contributed by atoms with Gasteiger partial charge in [-0.3, -0.25) is 19.8 Å². The summed E-state index contributed by atoms with van der Waals surface area (Å²) in [4.78, 5) is 28.4. The Morgan fingerprint density at radius 3 is 2.66 bits per heavy atom. The Kier molecular flexibility index (Phi) is 5.93. The van der Waals surface area contributed by atoms with Crippen LogP contribution in [0.3, 0.4) is 0 Å². The molecule has 0 bridgehead atoms. The van der Waals surface area contributed by atoms with Crippen molar-refractivity contribution in [3.8, 4) is 5.69 Å². The van der Waals surface area contributed by atoms with Crippen molar-refractivity contribution in [2.75, 3.05) is 18.9 Å². The van der Waals surface area contributed by atoms with Gasteiger partial charge in [0.2, 0.25) is 5.91 Å². The number of rotatable bonds is 7. The van der Waals surface area contributed by atoms with Crippen LogP contribution in [0.25, 0.3) is 5.69 Å². The first kappa shape index (κ1) is 20.1. The van der Waals surface area contributed by atoms with Crippen LogP contribution < -0.4 is 5.32 Å². The highest BCUT2D eigenvalue weighted by Crippen LogP contribution is 2.25. The van der Waals surface area contributed by atoms with Gasteiger partial charge >= 0.3 is 0 Å². The van der Waals surface area contributed by atoms with E-state index in [1.165, 1.54) is 12.4 Å². The topological polar surface area (TPSA) is 106 Å². The first-order valence-corrected chi connectivity index (χ1v) is 8.74. The monoisotopic (exact) mass is 398 g/mol. The lowest BCUT2D eigenvalue weighted by Crippen LogP contribution is -2.32. The molecule has 29 heavy (non-hydrogen) atoms. The summed E-state index contributed by atoms with van der Waals surface area (Å²) in [5.74, 6) is -1.18. The van der Waals surface area contributed by atoms with E-state index in [0.717, 1.165) is 23.4 Å². The molecule has 0 saturated carbocycles. The number of carbonyl (C=O) groups excluding carboxylic acids is 1. The second kappa shape index (κ2) is 8.57. The summed E-state index contributed by atoms with van der Waals surface area (Å²) >= 11 is 0. The van der Waals surface area contributed by atoms with Crippen molar-refractivity contribution in [2.45, 2.75) is 13.0 Å². The summed E-state index contributed by atoms with van der Waals surface area (Å²) in [5, 5.41) is 17.6. The van der Waals surface area contributed by atoms with E-state index in [9.17, 15) is 19.3 Å². The molecule has 10 heteroatoms. The number of amides is 1. The van der Waals surface area contributed by atoms with Crippen molar-refractivity contribution in [1.29, 1.82) is 0 Å². The normalized spacial score (nSPS) is 12.0. The number of nitrogens with zero attached hydrogens (tertiary/aromatic N) is 5. The van der Waals surface area contributed by atoms with Crippen molar-refractivity contribution in [3.63, 3.8) is 0 Å². The molecule has 1 heterocycles. The van der Waals surface area contributed by atoms with Crippen molar-refractivity contribution in [1.82, 2.24) is 19.7 Å². The third kappa shape index (κ3) is 4.79. The number of likely N-dealkylation sites (N-methyl/N-ethyl adjacent to an activating group) is 1. The van der Waals surface area contributed by atoms with Crippen molar-refractivity contribution in [3.05, 3.63) is 76.6 Å². The van der Waals surface area contributed by atoms with E-state index in [2.05, 4.69) is 15.4 Å². The Bertz CT molecular complexity index is 1010. The van der Waals surface area contributed by atoms with Crippen LogP contribution in [0, 0.1) is 15.9 Å². The Morgan fingerprint density at radius 2 is 2.03 bits per heavy atom. The molecule has 0 fully saturated rings. The average molecular weight is 398 g/mol. The van der Waals surface area contributed by atoms with E-state index in [1.54, 1.807) is 23.0 Å². The minimum absolute atomic E-state index is 0.000521. The Hall–Kier alpha value is -3.66. The molecule has 0 saturated heterocycles. The van der Waals surface area contributed by atoms with Crippen LogP contribution in [0.5, 0.6) is 0 Å². The summed E-state index contributed by atoms with van der Waals surface area (Å²) < 4.78 is 14.9. The molecule has 150 valence electrons. The van der Waals surface area contributed by atoms with E-state index in [1.807, 2.05) is 31.2 Å². The second-order valence-corrected chi connectivity index (χ2v) is 6.49. The van der Waals surface area contributed by atoms with Crippen molar-refractivity contribution in [2.24, 2.45) is 0 Å². The molecule has 0 aliphatic rings. The number of aromatic nitrogens is 3. The highest BCUT2D eigenvalue weighted by molar-refractivity contribution is 5.94. The summed E-state index contributed by atoms with van der Waals surface area (Å²) in [6, 6.07) is 10.6. The molecule has 1 aromatic heterocycles. The van der Waals surface area contributed by atoms with Gasteiger partial charge in [-0.05, 0) is 43.8 Å². The predicted molar refractivity (Wildman–Crippen MR) is 104 cm³/mol. The number of carbonyl (C=O) groups is 1. The van der Waals surface area contributed by atoms with Crippen LogP contribution in [0.15, 0.2) is 55.1 Å². The predicted octanol–water partition coefficient (Wildman–Crippen LogP) is 2.95. The van der Waals surface area contributed by atoms with E-state index in [-0.39, 0.29) is 18.3 Å². The molecule has 2 aromatic carbocycles. The maximum atomic E-state index is 13.2. The van der Waals surface area contributed by atoms with Gasteiger partial charge in [-0.25, -0.2) is 14.1 Å². The highest BCUT2D eigenvalue weighted by Gasteiger charge is 2.19.